The van der Waals surface area contributed by atoms with E-state index in [1.165, 1.54) is 0 Å². The fourth-order valence-corrected chi connectivity index (χ4v) is 4.33. The highest BCUT2D eigenvalue weighted by Crippen LogP contribution is 2.47. The minimum atomic E-state index is -0.599. The lowest BCUT2D eigenvalue weighted by atomic mass is 9.97. The Kier molecular flexibility index (Phi) is 5.91. The van der Waals surface area contributed by atoms with Gasteiger partial charge in [-0.3, -0.25) is 4.79 Å². The van der Waals surface area contributed by atoms with Gasteiger partial charge in [0.2, 0.25) is 5.91 Å². The third-order valence-corrected chi connectivity index (χ3v) is 6.10. The summed E-state index contributed by atoms with van der Waals surface area (Å²) in [5.74, 6) is -0.233. The standard InChI is InChI=1S/C22H23Cl2N3O3/c1-26-21(22(29)30-12-13-5-6-13)17-4-2-3-16(15-8-7-14(23)11-18(15)24)20(17)27(26)10-9-19(25)28/h2-4,7-8,11,13,21H,5-6,9-10,12H2,1H3,(H2,25,28). The monoisotopic (exact) mass is 447 g/mol. The molecule has 1 unspecified atom stereocenters. The quantitative estimate of drug-likeness (QED) is 0.643. The maximum Gasteiger partial charge on any atom is 0.329 e. The maximum absolute atomic E-state index is 13.0. The smallest absolute Gasteiger partial charge is 0.329 e. The van der Waals surface area contributed by atoms with Crippen molar-refractivity contribution in [1.82, 2.24) is 5.01 Å². The van der Waals surface area contributed by atoms with E-state index in [-0.39, 0.29) is 12.4 Å². The van der Waals surface area contributed by atoms with Gasteiger partial charge < -0.3 is 15.5 Å². The Morgan fingerprint density at radius 3 is 2.60 bits per heavy atom. The molecule has 0 saturated heterocycles. The van der Waals surface area contributed by atoms with Crippen LogP contribution in [0.3, 0.4) is 0 Å². The van der Waals surface area contributed by atoms with Gasteiger partial charge in [0.05, 0.1) is 12.3 Å². The van der Waals surface area contributed by atoms with Crippen LogP contribution in [0.4, 0.5) is 5.69 Å². The summed E-state index contributed by atoms with van der Waals surface area (Å²) in [6.45, 7) is 0.788. The molecule has 2 N–H and O–H groups in total. The highest BCUT2D eigenvalue weighted by Gasteiger charge is 2.41. The van der Waals surface area contributed by atoms with Crippen molar-refractivity contribution in [3.8, 4) is 11.1 Å². The van der Waals surface area contributed by atoms with E-state index in [1.807, 2.05) is 41.3 Å². The molecular weight excluding hydrogens is 425 g/mol. The molecule has 0 spiro atoms. The second-order valence-corrected chi connectivity index (χ2v) is 8.60. The lowest BCUT2D eigenvalue weighted by Gasteiger charge is -2.30. The fraction of sp³-hybridized carbons (Fsp3) is 0.364. The van der Waals surface area contributed by atoms with Gasteiger partial charge in [0.25, 0.3) is 0 Å². The van der Waals surface area contributed by atoms with Gasteiger partial charge >= 0.3 is 5.97 Å². The van der Waals surface area contributed by atoms with Crippen LogP contribution >= 0.6 is 23.2 Å². The number of ether oxygens (including phenoxy) is 1. The molecule has 8 heteroatoms. The molecule has 1 atom stereocenters. The number of carbonyl (C=O) groups is 2. The number of primary amides is 1. The molecule has 1 aliphatic heterocycles. The van der Waals surface area contributed by atoms with Gasteiger partial charge in [0, 0.05) is 46.7 Å². The SMILES string of the molecule is CN1C(C(=O)OCC2CC2)c2cccc(-c3ccc(Cl)cc3Cl)c2N1CCC(N)=O. The number of hydrogen-bond acceptors (Lipinski definition) is 5. The molecule has 0 aromatic heterocycles. The third kappa shape index (κ3) is 4.13. The van der Waals surface area contributed by atoms with Crippen molar-refractivity contribution in [3.05, 3.63) is 52.0 Å². The molecule has 1 saturated carbocycles. The van der Waals surface area contributed by atoms with Gasteiger partial charge in [-0.05, 0) is 30.9 Å². The van der Waals surface area contributed by atoms with Gasteiger partial charge in [0.1, 0.15) is 0 Å². The summed E-state index contributed by atoms with van der Waals surface area (Å²) in [5.41, 5.74) is 8.67. The lowest BCUT2D eigenvalue weighted by Crippen LogP contribution is -2.41. The Morgan fingerprint density at radius 2 is 1.93 bits per heavy atom. The summed E-state index contributed by atoms with van der Waals surface area (Å²) >= 11 is 12.6. The molecular formula is C22H23Cl2N3O3. The average Bonchev–Trinajstić information content (AvgIpc) is 3.47. The molecule has 1 heterocycles. The minimum absolute atomic E-state index is 0.149. The number of hydrazine groups is 1. The van der Waals surface area contributed by atoms with Crippen molar-refractivity contribution in [2.24, 2.45) is 11.7 Å². The Balaban J connectivity index is 1.76. The number of benzene rings is 2. The van der Waals surface area contributed by atoms with Crippen LogP contribution in [0, 0.1) is 5.92 Å². The molecule has 4 rings (SSSR count). The number of likely N-dealkylation sites (N-methyl/N-ethyl adjacent to an activating group) is 1. The van der Waals surface area contributed by atoms with Crippen LogP contribution < -0.4 is 10.7 Å². The molecule has 2 aromatic carbocycles. The van der Waals surface area contributed by atoms with Gasteiger partial charge in [0.15, 0.2) is 6.04 Å². The van der Waals surface area contributed by atoms with E-state index in [9.17, 15) is 9.59 Å². The van der Waals surface area contributed by atoms with E-state index in [2.05, 4.69) is 0 Å². The second kappa shape index (κ2) is 8.46. The van der Waals surface area contributed by atoms with Crippen LogP contribution in [-0.2, 0) is 14.3 Å². The van der Waals surface area contributed by atoms with Gasteiger partial charge in [-0.1, -0.05) is 47.5 Å². The lowest BCUT2D eigenvalue weighted by molar-refractivity contribution is -0.150. The van der Waals surface area contributed by atoms with Gasteiger partial charge in [-0.25, -0.2) is 9.80 Å². The van der Waals surface area contributed by atoms with E-state index >= 15 is 0 Å². The molecule has 2 aromatic rings. The van der Waals surface area contributed by atoms with Crippen LogP contribution in [0.15, 0.2) is 36.4 Å². The van der Waals surface area contributed by atoms with E-state index < -0.39 is 11.9 Å². The molecule has 1 amide bonds. The van der Waals surface area contributed by atoms with Crippen molar-refractivity contribution >= 4 is 40.8 Å². The molecule has 6 nitrogen and oxygen atoms in total. The Bertz CT molecular complexity index is 994. The minimum Gasteiger partial charge on any atom is -0.464 e. The number of rotatable bonds is 7. The van der Waals surface area contributed by atoms with Crippen LogP contribution in [0.1, 0.15) is 30.9 Å². The molecule has 1 fully saturated rings. The van der Waals surface area contributed by atoms with Crippen LogP contribution in [0.5, 0.6) is 0 Å². The summed E-state index contributed by atoms with van der Waals surface area (Å²) in [4.78, 5) is 24.4. The molecule has 30 heavy (non-hydrogen) atoms. The topological polar surface area (TPSA) is 75.9 Å². The van der Waals surface area contributed by atoms with Gasteiger partial charge in [-0.15, -0.1) is 0 Å². The number of hydrogen-bond donors (Lipinski definition) is 1. The normalized spacial score (nSPS) is 18.4. The number of carbonyl (C=O) groups excluding carboxylic acids is 2. The van der Waals surface area contributed by atoms with Crippen molar-refractivity contribution in [2.75, 3.05) is 25.2 Å². The average molecular weight is 448 g/mol. The first-order valence-electron chi connectivity index (χ1n) is 9.90. The number of amides is 1. The fourth-order valence-electron chi connectivity index (χ4n) is 3.82. The highest BCUT2D eigenvalue weighted by molar-refractivity contribution is 6.36. The zero-order valence-electron chi connectivity index (χ0n) is 16.6. The van der Waals surface area contributed by atoms with Crippen molar-refractivity contribution in [3.63, 3.8) is 0 Å². The summed E-state index contributed by atoms with van der Waals surface area (Å²) in [6, 6.07) is 10.5. The van der Waals surface area contributed by atoms with Crippen LogP contribution in [-0.4, -0.2) is 37.1 Å². The second-order valence-electron chi connectivity index (χ2n) is 7.76. The zero-order valence-corrected chi connectivity index (χ0v) is 18.1. The number of anilines is 1. The highest BCUT2D eigenvalue weighted by atomic mass is 35.5. The largest absolute Gasteiger partial charge is 0.464 e. The Hall–Kier alpha value is -2.28. The first-order chi connectivity index (χ1) is 14.4. The predicted molar refractivity (Wildman–Crippen MR) is 117 cm³/mol. The Morgan fingerprint density at radius 1 is 1.17 bits per heavy atom. The van der Waals surface area contributed by atoms with E-state index in [4.69, 9.17) is 33.7 Å². The molecule has 1 aliphatic carbocycles. The molecule has 0 bridgehead atoms. The summed E-state index contributed by atoms with van der Waals surface area (Å²) in [7, 11) is 1.82. The van der Waals surface area contributed by atoms with Crippen molar-refractivity contribution in [2.45, 2.75) is 25.3 Å². The molecule has 0 radical (unpaired) electrons. The maximum atomic E-state index is 13.0. The molecule has 2 aliphatic rings. The van der Waals surface area contributed by atoms with Crippen molar-refractivity contribution < 1.29 is 14.3 Å². The van der Waals surface area contributed by atoms with E-state index in [0.717, 1.165) is 35.2 Å². The first-order valence-corrected chi connectivity index (χ1v) is 10.7. The number of nitrogens with zero attached hydrogens (tertiary/aromatic N) is 2. The van der Waals surface area contributed by atoms with E-state index in [0.29, 0.717) is 29.1 Å². The Labute approximate surface area is 185 Å². The summed E-state index contributed by atoms with van der Waals surface area (Å²) in [5, 5.41) is 4.77. The van der Waals surface area contributed by atoms with E-state index in [1.54, 1.807) is 12.1 Å². The van der Waals surface area contributed by atoms with Crippen LogP contribution in [0.2, 0.25) is 10.0 Å². The zero-order chi connectivity index (χ0) is 21.4. The van der Waals surface area contributed by atoms with Crippen LogP contribution in [0.25, 0.3) is 11.1 Å². The first kappa shape index (κ1) is 21.0. The predicted octanol–water partition coefficient (Wildman–Crippen LogP) is 4.20. The summed E-state index contributed by atoms with van der Waals surface area (Å²) in [6.07, 6.45) is 2.36. The third-order valence-electron chi connectivity index (χ3n) is 5.55. The number of para-hydroxylation sites is 1. The number of esters is 1. The summed E-state index contributed by atoms with van der Waals surface area (Å²) < 4.78 is 5.59. The number of fused-ring (bicyclic) bond motifs is 1. The molecule has 158 valence electrons. The van der Waals surface area contributed by atoms with Crippen molar-refractivity contribution in [1.29, 1.82) is 0 Å². The number of halogens is 2. The van der Waals surface area contributed by atoms with Gasteiger partial charge in [-0.2, -0.15) is 0 Å². The number of nitrogens with two attached hydrogens (primary N) is 1.